The highest BCUT2D eigenvalue weighted by Crippen LogP contribution is 2.35. The van der Waals surface area contributed by atoms with Crippen molar-refractivity contribution in [3.63, 3.8) is 0 Å². The smallest absolute Gasteiger partial charge is 0.0877 e. The lowest BCUT2D eigenvalue weighted by Gasteiger charge is -2.21. The van der Waals surface area contributed by atoms with Gasteiger partial charge in [-0.05, 0) is 52.5 Å². The molecule has 0 aliphatic carbocycles. The molecule has 2 aromatic carbocycles. The normalized spacial score (nSPS) is 12.3. The van der Waals surface area contributed by atoms with Gasteiger partial charge in [-0.25, -0.2) is 0 Å². The Kier molecular flexibility index (Phi) is 5.38. The van der Waals surface area contributed by atoms with Crippen molar-refractivity contribution in [2.75, 3.05) is 6.61 Å². The van der Waals surface area contributed by atoms with Crippen LogP contribution in [0.2, 0.25) is 0 Å². The van der Waals surface area contributed by atoms with Gasteiger partial charge in [0.2, 0.25) is 0 Å². The molecule has 2 heteroatoms. The van der Waals surface area contributed by atoms with Crippen molar-refractivity contribution in [3.05, 3.63) is 70.7 Å². The van der Waals surface area contributed by atoms with E-state index in [2.05, 4.69) is 65.5 Å². The molecule has 0 amide bonds. The number of ether oxygens (including phenoxy) is 1. The van der Waals surface area contributed by atoms with Gasteiger partial charge in [0.15, 0.2) is 0 Å². The summed E-state index contributed by atoms with van der Waals surface area (Å²) in [6.45, 7) is 12.5. The summed E-state index contributed by atoms with van der Waals surface area (Å²) in [4.78, 5) is 0. The third-order valence-electron chi connectivity index (χ3n) is 3.30. The quantitative estimate of drug-likeness (QED) is 0.566. The summed E-state index contributed by atoms with van der Waals surface area (Å²) in [6, 6.07) is 12.6. The van der Waals surface area contributed by atoms with Gasteiger partial charge in [0.25, 0.3) is 0 Å². The third kappa shape index (κ3) is 4.05. The summed E-state index contributed by atoms with van der Waals surface area (Å²) in [5.41, 5.74) is 3.30. The summed E-state index contributed by atoms with van der Waals surface area (Å²) < 4.78 is 7.14. The molecule has 0 fully saturated rings. The van der Waals surface area contributed by atoms with E-state index in [1.54, 1.807) is 0 Å². The van der Waals surface area contributed by atoms with Crippen molar-refractivity contribution >= 4 is 26.7 Å². The minimum Gasteiger partial charge on any atom is -0.369 e. The fourth-order valence-electron chi connectivity index (χ4n) is 2.32. The molecular weight excluding hydrogens is 324 g/mol. The molecule has 0 saturated heterocycles. The summed E-state index contributed by atoms with van der Waals surface area (Å²) >= 11 is 3.75. The van der Waals surface area contributed by atoms with E-state index in [-0.39, 0.29) is 6.10 Å². The lowest BCUT2D eigenvalue weighted by atomic mass is 9.99. The van der Waals surface area contributed by atoms with Crippen LogP contribution in [0.1, 0.15) is 31.9 Å². The van der Waals surface area contributed by atoms with E-state index in [4.69, 9.17) is 4.74 Å². The van der Waals surface area contributed by atoms with Crippen LogP contribution in [-0.4, -0.2) is 6.61 Å². The van der Waals surface area contributed by atoms with Gasteiger partial charge in [0.05, 0.1) is 12.7 Å². The Bertz CT molecular complexity index is 672. The van der Waals surface area contributed by atoms with E-state index < -0.39 is 0 Å². The first-order valence-electron chi connectivity index (χ1n) is 7.06. The SMILES string of the molecule is C=C(C)COC(CC(=C)C)c1ccc2ccccc2c1Br. The van der Waals surface area contributed by atoms with E-state index >= 15 is 0 Å². The van der Waals surface area contributed by atoms with Crippen LogP contribution in [0.4, 0.5) is 0 Å². The minimum absolute atomic E-state index is 0.00168. The molecule has 0 heterocycles. The molecular formula is C19H21BrO. The van der Waals surface area contributed by atoms with Gasteiger partial charge >= 0.3 is 0 Å². The highest BCUT2D eigenvalue weighted by atomic mass is 79.9. The van der Waals surface area contributed by atoms with Gasteiger partial charge in [-0.1, -0.05) is 54.1 Å². The maximum Gasteiger partial charge on any atom is 0.0877 e. The van der Waals surface area contributed by atoms with Gasteiger partial charge in [0, 0.05) is 4.47 Å². The zero-order valence-corrected chi connectivity index (χ0v) is 14.2. The summed E-state index contributed by atoms with van der Waals surface area (Å²) in [6.07, 6.45) is 0.808. The van der Waals surface area contributed by atoms with Gasteiger partial charge < -0.3 is 4.74 Å². The highest BCUT2D eigenvalue weighted by Gasteiger charge is 2.17. The van der Waals surface area contributed by atoms with Crippen molar-refractivity contribution in [1.29, 1.82) is 0 Å². The predicted octanol–water partition coefficient (Wildman–Crippen LogP) is 6.20. The van der Waals surface area contributed by atoms with Crippen LogP contribution in [0, 0.1) is 0 Å². The number of hydrogen-bond acceptors (Lipinski definition) is 1. The molecule has 0 aliphatic heterocycles. The molecule has 110 valence electrons. The fourth-order valence-corrected chi connectivity index (χ4v) is 3.07. The van der Waals surface area contributed by atoms with E-state index in [1.165, 1.54) is 10.8 Å². The van der Waals surface area contributed by atoms with Gasteiger partial charge in [-0.2, -0.15) is 0 Å². The van der Waals surface area contributed by atoms with Gasteiger partial charge in [-0.3, -0.25) is 0 Å². The number of hydrogen-bond donors (Lipinski definition) is 0. The van der Waals surface area contributed by atoms with Crippen LogP contribution in [-0.2, 0) is 4.74 Å². The van der Waals surface area contributed by atoms with Crippen LogP contribution in [0.25, 0.3) is 10.8 Å². The van der Waals surface area contributed by atoms with Gasteiger partial charge in [0.1, 0.15) is 0 Å². The number of benzene rings is 2. The fraction of sp³-hybridized carbons (Fsp3) is 0.263. The van der Waals surface area contributed by atoms with Crippen molar-refractivity contribution in [3.8, 4) is 0 Å². The van der Waals surface area contributed by atoms with Crippen LogP contribution in [0.3, 0.4) is 0 Å². The highest BCUT2D eigenvalue weighted by molar-refractivity contribution is 9.10. The maximum absolute atomic E-state index is 6.04. The molecule has 1 unspecified atom stereocenters. The summed E-state index contributed by atoms with van der Waals surface area (Å²) in [5, 5.41) is 2.43. The lowest BCUT2D eigenvalue weighted by Crippen LogP contribution is -2.07. The second kappa shape index (κ2) is 7.06. The van der Waals surface area contributed by atoms with Gasteiger partial charge in [-0.15, -0.1) is 6.58 Å². The molecule has 0 radical (unpaired) electrons. The zero-order chi connectivity index (χ0) is 15.4. The Morgan fingerprint density at radius 1 is 1.10 bits per heavy atom. The van der Waals surface area contributed by atoms with Crippen molar-refractivity contribution in [2.45, 2.75) is 26.4 Å². The van der Waals surface area contributed by atoms with Crippen LogP contribution >= 0.6 is 15.9 Å². The lowest BCUT2D eigenvalue weighted by molar-refractivity contribution is 0.0696. The average Bonchev–Trinajstić information content (AvgIpc) is 2.44. The molecule has 1 nitrogen and oxygen atoms in total. The Labute approximate surface area is 135 Å². The molecule has 0 bridgehead atoms. The molecule has 2 aromatic rings. The summed E-state index contributed by atoms with van der Waals surface area (Å²) in [5.74, 6) is 0. The molecule has 21 heavy (non-hydrogen) atoms. The second-order valence-corrected chi connectivity index (χ2v) is 6.40. The van der Waals surface area contributed by atoms with Crippen molar-refractivity contribution < 1.29 is 4.74 Å². The van der Waals surface area contributed by atoms with Crippen LogP contribution in [0.5, 0.6) is 0 Å². The van der Waals surface area contributed by atoms with E-state index in [9.17, 15) is 0 Å². The molecule has 0 spiro atoms. The topological polar surface area (TPSA) is 9.23 Å². The molecule has 0 N–H and O–H groups in total. The Hall–Kier alpha value is -1.38. The van der Waals surface area contributed by atoms with Crippen LogP contribution < -0.4 is 0 Å². The average molecular weight is 345 g/mol. The molecule has 0 aliphatic rings. The second-order valence-electron chi connectivity index (χ2n) is 5.61. The molecule has 0 aromatic heterocycles. The number of halogens is 1. The maximum atomic E-state index is 6.04. The Balaban J connectivity index is 2.40. The largest absolute Gasteiger partial charge is 0.369 e. The minimum atomic E-state index is -0.00168. The first kappa shape index (κ1) is 16.0. The Morgan fingerprint density at radius 2 is 1.81 bits per heavy atom. The molecule has 2 rings (SSSR count). The summed E-state index contributed by atoms with van der Waals surface area (Å²) in [7, 11) is 0. The number of rotatable bonds is 6. The molecule has 1 atom stereocenters. The van der Waals surface area contributed by atoms with E-state index in [1.807, 2.05) is 13.8 Å². The Morgan fingerprint density at radius 3 is 2.48 bits per heavy atom. The monoisotopic (exact) mass is 344 g/mol. The molecule has 0 saturated carbocycles. The van der Waals surface area contributed by atoms with E-state index in [0.717, 1.165) is 27.6 Å². The zero-order valence-electron chi connectivity index (χ0n) is 12.7. The third-order valence-corrected chi connectivity index (χ3v) is 4.19. The first-order chi connectivity index (χ1) is 9.99. The number of fused-ring (bicyclic) bond motifs is 1. The predicted molar refractivity (Wildman–Crippen MR) is 94.6 cm³/mol. The van der Waals surface area contributed by atoms with Crippen LogP contribution in [0.15, 0.2) is 65.2 Å². The van der Waals surface area contributed by atoms with Crippen molar-refractivity contribution in [1.82, 2.24) is 0 Å². The standard InChI is InChI=1S/C19H21BrO/c1-13(2)11-18(21-12-14(3)4)17-10-9-15-7-5-6-8-16(15)19(17)20/h5-10,18H,1,3,11-12H2,2,4H3. The first-order valence-corrected chi connectivity index (χ1v) is 7.86. The van der Waals surface area contributed by atoms with Crippen molar-refractivity contribution in [2.24, 2.45) is 0 Å². The van der Waals surface area contributed by atoms with E-state index in [0.29, 0.717) is 6.61 Å².